The third-order valence-corrected chi connectivity index (χ3v) is 6.25. The number of thiophene rings is 1. The molecule has 7 heteroatoms. The van der Waals surface area contributed by atoms with E-state index in [1.807, 2.05) is 5.38 Å². The summed E-state index contributed by atoms with van der Waals surface area (Å²) in [6.45, 7) is 0.849. The first-order valence-corrected chi connectivity index (χ1v) is 10.9. The van der Waals surface area contributed by atoms with Crippen LogP contribution < -0.4 is 5.32 Å². The highest BCUT2D eigenvalue weighted by Gasteiger charge is 2.27. The third kappa shape index (κ3) is 4.56. The Kier molecular flexibility index (Phi) is 6.23. The van der Waals surface area contributed by atoms with Gasteiger partial charge in [-0.2, -0.15) is 0 Å². The minimum absolute atomic E-state index is 0.0611. The summed E-state index contributed by atoms with van der Waals surface area (Å²) in [4.78, 5) is 40.4. The quantitative estimate of drug-likeness (QED) is 0.611. The lowest BCUT2D eigenvalue weighted by atomic mass is 9.99. The molecule has 0 saturated carbocycles. The van der Waals surface area contributed by atoms with Crippen molar-refractivity contribution >= 4 is 28.9 Å². The van der Waals surface area contributed by atoms with E-state index >= 15 is 0 Å². The van der Waals surface area contributed by atoms with E-state index in [0.717, 1.165) is 0 Å². The smallest absolute Gasteiger partial charge is 0.256 e. The number of nitrogens with one attached hydrogen (secondary N) is 1. The Balaban J connectivity index is 1.40. The van der Waals surface area contributed by atoms with E-state index in [0.29, 0.717) is 41.9 Å². The Labute approximate surface area is 183 Å². The van der Waals surface area contributed by atoms with Gasteiger partial charge in [0.2, 0.25) is 5.78 Å². The van der Waals surface area contributed by atoms with Crippen LogP contribution in [0.15, 0.2) is 66.0 Å². The highest BCUT2D eigenvalue weighted by molar-refractivity contribution is 7.12. The number of carbonyl (C=O) groups is 3. The number of carbonyl (C=O) groups excluding carboxylic acids is 3. The summed E-state index contributed by atoms with van der Waals surface area (Å²) < 4.78 is 13.9. The van der Waals surface area contributed by atoms with Gasteiger partial charge in [-0.15, -0.1) is 11.3 Å². The van der Waals surface area contributed by atoms with Crippen molar-refractivity contribution in [1.29, 1.82) is 0 Å². The van der Waals surface area contributed by atoms with Gasteiger partial charge in [-0.3, -0.25) is 14.4 Å². The topological polar surface area (TPSA) is 66.5 Å². The van der Waals surface area contributed by atoms with Gasteiger partial charge < -0.3 is 10.2 Å². The first-order valence-electron chi connectivity index (χ1n) is 10.1. The van der Waals surface area contributed by atoms with Crippen molar-refractivity contribution in [3.05, 3.63) is 93.4 Å². The predicted octanol–water partition coefficient (Wildman–Crippen LogP) is 4.15. The van der Waals surface area contributed by atoms with Crippen molar-refractivity contribution in [1.82, 2.24) is 10.2 Å². The number of hydrogen-bond donors (Lipinski definition) is 1. The van der Waals surface area contributed by atoms with Gasteiger partial charge in [0.15, 0.2) is 0 Å². The van der Waals surface area contributed by atoms with Gasteiger partial charge in [0.05, 0.1) is 16.0 Å². The lowest BCUT2D eigenvalue weighted by Gasteiger charge is -2.32. The fourth-order valence-electron chi connectivity index (χ4n) is 3.71. The van der Waals surface area contributed by atoms with Crippen molar-refractivity contribution < 1.29 is 18.8 Å². The van der Waals surface area contributed by atoms with Gasteiger partial charge in [0.25, 0.3) is 11.8 Å². The average molecular weight is 437 g/mol. The van der Waals surface area contributed by atoms with E-state index in [-0.39, 0.29) is 29.2 Å². The lowest BCUT2D eigenvalue weighted by molar-refractivity contribution is 0.0693. The highest BCUT2D eigenvalue weighted by atomic mass is 32.1. The zero-order valence-corrected chi connectivity index (χ0v) is 17.5. The van der Waals surface area contributed by atoms with E-state index in [1.54, 1.807) is 53.4 Å². The number of nitrogens with zero attached hydrogens (tertiary/aromatic N) is 1. The molecule has 0 unspecified atom stereocenters. The summed E-state index contributed by atoms with van der Waals surface area (Å²) in [5.41, 5.74) is 0.770. The minimum Gasteiger partial charge on any atom is -0.349 e. The number of piperidine rings is 1. The molecule has 158 valence electrons. The highest BCUT2D eigenvalue weighted by Crippen LogP contribution is 2.20. The molecule has 1 aromatic heterocycles. The minimum atomic E-state index is -0.532. The Bertz CT molecular complexity index is 1110. The summed E-state index contributed by atoms with van der Waals surface area (Å²) in [6.07, 6.45) is 1.12. The molecule has 0 spiro atoms. The Hall–Kier alpha value is -3.32. The molecule has 0 bridgehead atoms. The molecule has 0 atom stereocenters. The fraction of sp³-hybridized carbons (Fsp3) is 0.208. The zero-order valence-electron chi connectivity index (χ0n) is 16.7. The van der Waals surface area contributed by atoms with Crippen LogP contribution in [0.2, 0.25) is 0 Å². The number of amides is 2. The second kappa shape index (κ2) is 9.22. The van der Waals surface area contributed by atoms with Crippen LogP contribution in [-0.4, -0.2) is 41.6 Å². The van der Waals surface area contributed by atoms with E-state index in [1.165, 1.54) is 23.5 Å². The largest absolute Gasteiger partial charge is 0.349 e. The van der Waals surface area contributed by atoms with Crippen LogP contribution in [0.4, 0.5) is 4.39 Å². The normalized spacial score (nSPS) is 14.3. The van der Waals surface area contributed by atoms with Crippen LogP contribution in [0.25, 0.3) is 0 Å². The maximum Gasteiger partial charge on any atom is 0.256 e. The Morgan fingerprint density at radius 2 is 1.52 bits per heavy atom. The first-order chi connectivity index (χ1) is 15.0. The second-order valence-electron chi connectivity index (χ2n) is 7.37. The standard InChI is InChI=1S/C24H21FN2O3S/c25-20-9-4-3-8-19(20)24(30)27-13-11-16(12-14-27)26-23(29)18-7-2-1-6-17(18)22(28)21-10-5-15-31-21/h1-10,15-16H,11-14H2,(H,26,29). The van der Waals surface area contributed by atoms with E-state index < -0.39 is 5.82 Å². The molecular weight excluding hydrogens is 415 g/mol. The molecule has 3 aromatic rings. The average Bonchev–Trinajstić information content (AvgIpc) is 3.34. The van der Waals surface area contributed by atoms with Crippen LogP contribution in [0.5, 0.6) is 0 Å². The summed E-state index contributed by atoms with van der Waals surface area (Å²) in [5.74, 6) is -1.35. The number of ketones is 1. The van der Waals surface area contributed by atoms with Crippen molar-refractivity contribution in [3.63, 3.8) is 0 Å². The number of likely N-dealkylation sites (tertiary alicyclic amines) is 1. The maximum atomic E-state index is 13.9. The second-order valence-corrected chi connectivity index (χ2v) is 8.32. The summed E-state index contributed by atoms with van der Waals surface area (Å²) in [6, 6.07) is 16.1. The number of rotatable bonds is 5. The fourth-order valence-corrected chi connectivity index (χ4v) is 4.39. The molecule has 1 saturated heterocycles. The summed E-state index contributed by atoms with van der Waals surface area (Å²) >= 11 is 1.34. The van der Waals surface area contributed by atoms with Crippen molar-refractivity contribution in [2.75, 3.05) is 13.1 Å². The predicted molar refractivity (Wildman–Crippen MR) is 117 cm³/mol. The summed E-state index contributed by atoms with van der Waals surface area (Å²) in [7, 11) is 0. The van der Waals surface area contributed by atoms with Crippen molar-refractivity contribution in [2.24, 2.45) is 0 Å². The van der Waals surface area contributed by atoms with Gasteiger partial charge in [-0.1, -0.05) is 36.4 Å². The van der Waals surface area contributed by atoms with E-state index in [9.17, 15) is 18.8 Å². The molecule has 2 heterocycles. The first kappa shape index (κ1) is 20.9. The van der Waals surface area contributed by atoms with E-state index in [2.05, 4.69) is 5.32 Å². The van der Waals surface area contributed by atoms with E-state index in [4.69, 9.17) is 0 Å². The molecular formula is C24H21FN2O3S. The molecule has 2 aromatic carbocycles. The number of hydrogen-bond acceptors (Lipinski definition) is 4. The lowest BCUT2D eigenvalue weighted by Crippen LogP contribution is -2.46. The SMILES string of the molecule is O=C(NC1CCN(C(=O)c2ccccc2F)CC1)c1ccccc1C(=O)c1cccs1. The van der Waals surface area contributed by atoms with Gasteiger partial charge >= 0.3 is 0 Å². The molecule has 1 aliphatic heterocycles. The third-order valence-electron chi connectivity index (χ3n) is 5.38. The molecule has 1 aliphatic rings. The molecule has 31 heavy (non-hydrogen) atoms. The van der Waals surface area contributed by atoms with Crippen LogP contribution >= 0.6 is 11.3 Å². The molecule has 5 nitrogen and oxygen atoms in total. The molecule has 2 amide bonds. The van der Waals surface area contributed by atoms with Crippen molar-refractivity contribution in [3.8, 4) is 0 Å². The van der Waals surface area contributed by atoms with Crippen LogP contribution in [-0.2, 0) is 0 Å². The molecule has 1 N–H and O–H groups in total. The van der Waals surface area contributed by atoms with Gasteiger partial charge in [-0.25, -0.2) is 4.39 Å². The number of benzene rings is 2. The molecule has 4 rings (SSSR count). The van der Waals surface area contributed by atoms with Crippen LogP contribution in [0.3, 0.4) is 0 Å². The zero-order chi connectivity index (χ0) is 21.8. The monoisotopic (exact) mass is 436 g/mol. The van der Waals surface area contributed by atoms with Crippen LogP contribution in [0.1, 0.15) is 48.8 Å². The molecule has 0 radical (unpaired) electrons. The number of halogens is 1. The molecule has 1 fully saturated rings. The van der Waals surface area contributed by atoms with Crippen molar-refractivity contribution in [2.45, 2.75) is 18.9 Å². The van der Waals surface area contributed by atoms with Gasteiger partial charge in [-0.05, 0) is 42.5 Å². The molecule has 0 aliphatic carbocycles. The van der Waals surface area contributed by atoms with Gasteiger partial charge in [0.1, 0.15) is 5.82 Å². The maximum absolute atomic E-state index is 13.9. The van der Waals surface area contributed by atoms with Gasteiger partial charge in [0, 0.05) is 24.7 Å². The Morgan fingerprint density at radius 1 is 0.871 bits per heavy atom. The van der Waals surface area contributed by atoms with Crippen LogP contribution in [0, 0.1) is 5.82 Å². The summed E-state index contributed by atoms with van der Waals surface area (Å²) in [5, 5.41) is 4.81. The Morgan fingerprint density at radius 3 is 2.16 bits per heavy atom.